The van der Waals surface area contributed by atoms with Crippen molar-refractivity contribution in [2.45, 2.75) is 84.2 Å². The highest BCUT2D eigenvalue weighted by atomic mass is 16.3. The summed E-state index contributed by atoms with van der Waals surface area (Å²) in [6.45, 7) is 7.50. The van der Waals surface area contributed by atoms with Gasteiger partial charge in [-0.15, -0.1) is 0 Å². The molecule has 4 aliphatic carbocycles. The number of rotatable bonds is 1. The summed E-state index contributed by atoms with van der Waals surface area (Å²) in [5.41, 5.74) is 0.443. The summed E-state index contributed by atoms with van der Waals surface area (Å²) >= 11 is 0. The van der Waals surface area contributed by atoms with E-state index in [0.29, 0.717) is 23.4 Å². The van der Waals surface area contributed by atoms with Crippen LogP contribution in [0.2, 0.25) is 0 Å². The number of aliphatic hydroxyl groups is 2. The van der Waals surface area contributed by atoms with E-state index >= 15 is 0 Å². The van der Waals surface area contributed by atoms with Crippen molar-refractivity contribution in [3.05, 3.63) is 0 Å². The lowest BCUT2D eigenvalue weighted by Gasteiger charge is -2.61. The second kappa shape index (κ2) is 5.21. The van der Waals surface area contributed by atoms with Crippen molar-refractivity contribution in [1.82, 2.24) is 0 Å². The molecule has 0 bridgehead atoms. The lowest BCUT2D eigenvalue weighted by atomic mass is 9.44. The highest BCUT2D eigenvalue weighted by Gasteiger charge is 2.60. The normalized spacial score (nSPS) is 59.1. The Morgan fingerprint density at radius 2 is 1.57 bits per heavy atom. The summed E-state index contributed by atoms with van der Waals surface area (Å²) < 4.78 is 0. The molecule has 2 heteroatoms. The molecule has 0 radical (unpaired) electrons. The maximum absolute atomic E-state index is 10.6. The molecule has 0 saturated heterocycles. The van der Waals surface area contributed by atoms with E-state index in [4.69, 9.17) is 0 Å². The highest BCUT2D eigenvalue weighted by molar-refractivity contribution is 5.10. The van der Waals surface area contributed by atoms with Gasteiger partial charge in [-0.1, -0.05) is 13.8 Å². The number of fused-ring (bicyclic) bond motifs is 5. The fourth-order valence-corrected chi connectivity index (χ4v) is 7.84. The van der Waals surface area contributed by atoms with Gasteiger partial charge in [0.25, 0.3) is 0 Å². The predicted octanol–water partition coefficient (Wildman–Crippen LogP) is 4.39. The molecule has 4 fully saturated rings. The molecule has 2 N–H and O–H groups in total. The minimum Gasteiger partial charge on any atom is -0.396 e. The monoisotopic (exact) mass is 320 g/mol. The number of hydrogen-bond donors (Lipinski definition) is 2. The summed E-state index contributed by atoms with van der Waals surface area (Å²) in [6, 6.07) is 0. The Labute approximate surface area is 142 Å². The third-order valence-corrected chi connectivity index (χ3v) is 9.37. The summed E-state index contributed by atoms with van der Waals surface area (Å²) in [7, 11) is 0. The van der Waals surface area contributed by atoms with Crippen LogP contribution in [-0.4, -0.2) is 22.4 Å². The van der Waals surface area contributed by atoms with Gasteiger partial charge in [0.1, 0.15) is 0 Å². The van der Waals surface area contributed by atoms with E-state index in [-0.39, 0.29) is 0 Å². The second-order valence-corrected chi connectivity index (χ2v) is 10.4. The lowest BCUT2D eigenvalue weighted by Crippen LogP contribution is -2.55. The van der Waals surface area contributed by atoms with Crippen LogP contribution in [0.25, 0.3) is 0 Å². The van der Waals surface area contributed by atoms with Crippen LogP contribution in [-0.2, 0) is 0 Å². The van der Waals surface area contributed by atoms with E-state index in [1.165, 1.54) is 44.9 Å². The zero-order valence-electron chi connectivity index (χ0n) is 15.4. The van der Waals surface area contributed by atoms with Crippen molar-refractivity contribution in [2.24, 2.45) is 40.4 Å². The topological polar surface area (TPSA) is 40.5 Å². The van der Waals surface area contributed by atoms with Crippen LogP contribution >= 0.6 is 0 Å². The SMILES string of the molecule is C[C@@]1(O)CC[C@@]2(C)[C@@H](CC[C@@H]3[C@@H]2CC[C@]2(C)C(CO)CC[C@@H]32)C1. The molecule has 4 saturated carbocycles. The molecule has 0 heterocycles. The lowest BCUT2D eigenvalue weighted by molar-refractivity contribution is -0.147. The predicted molar refractivity (Wildman–Crippen MR) is 92.9 cm³/mol. The number of aliphatic hydroxyl groups excluding tert-OH is 1. The Bertz CT molecular complexity index is 472. The minimum absolute atomic E-state index is 0.396. The van der Waals surface area contributed by atoms with Crippen LogP contribution in [0.1, 0.15) is 78.6 Å². The Kier molecular flexibility index (Phi) is 3.71. The van der Waals surface area contributed by atoms with Gasteiger partial charge in [0.2, 0.25) is 0 Å². The second-order valence-electron chi connectivity index (χ2n) is 10.4. The van der Waals surface area contributed by atoms with Gasteiger partial charge in [-0.2, -0.15) is 0 Å². The third-order valence-electron chi connectivity index (χ3n) is 9.37. The number of hydrogen-bond acceptors (Lipinski definition) is 2. The van der Waals surface area contributed by atoms with Crippen LogP contribution in [0.15, 0.2) is 0 Å². The van der Waals surface area contributed by atoms with Gasteiger partial charge in [0.05, 0.1) is 5.60 Å². The average Bonchev–Trinajstić information content (AvgIpc) is 2.84. The maximum Gasteiger partial charge on any atom is 0.0622 e. The summed E-state index contributed by atoms with van der Waals surface area (Å²) in [5, 5.41) is 20.4. The van der Waals surface area contributed by atoms with E-state index < -0.39 is 5.60 Å². The van der Waals surface area contributed by atoms with E-state index in [1.807, 2.05) is 0 Å². The Morgan fingerprint density at radius 1 is 0.826 bits per heavy atom. The zero-order valence-corrected chi connectivity index (χ0v) is 15.4. The zero-order chi connectivity index (χ0) is 16.5. The Morgan fingerprint density at radius 3 is 2.30 bits per heavy atom. The van der Waals surface area contributed by atoms with Crippen LogP contribution in [0.3, 0.4) is 0 Å². The molecule has 0 spiro atoms. The summed E-state index contributed by atoms with van der Waals surface area (Å²) in [5.74, 6) is 3.87. The minimum atomic E-state index is -0.421. The fraction of sp³-hybridized carbons (Fsp3) is 1.00. The molecule has 4 aliphatic rings. The van der Waals surface area contributed by atoms with Crippen LogP contribution < -0.4 is 0 Å². The summed E-state index contributed by atoms with van der Waals surface area (Å²) in [6.07, 6.45) is 11.2. The van der Waals surface area contributed by atoms with Gasteiger partial charge < -0.3 is 10.2 Å². The standard InChI is InChI=1S/C21H36O2/c1-19(23)10-11-21(3)14(12-19)4-6-16-17-7-5-15(13-22)20(17,2)9-8-18(16)21/h14-18,22-23H,4-13H2,1-3H3/t14-,15?,16-,17-,18-,19+,20+,21-/m0/s1. The van der Waals surface area contributed by atoms with Crippen molar-refractivity contribution in [1.29, 1.82) is 0 Å². The molecule has 4 rings (SSSR count). The first-order valence-electron chi connectivity index (χ1n) is 10.1. The molecule has 8 atom stereocenters. The Hall–Kier alpha value is -0.0800. The smallest absolute Gasteiger partial charge is 0.0622 e. The molecule has 132 valence electrons. The van der Waals surface area contributed by atoms with Crippen molar-refractivity contribution >= 4 is 0 Å². The van der Waals surface area contributed by atoms with E-state index in [9.17, 15) is 10.2 Å². The third kappa shape index (κ3) is 2.27. The first-order chi connectivity index (χ1) is 10.8. The van der Waals surface area contributed by atoms with Gasteiger partial charge in [-0.25, -0.2) is 0 Å². The van der Waals surface area contributed by atoms with E-state index in [1.54, 1.807) is 0 Å². The fourth-order valence-electron chi connectivity index (χ4n) is 7.84. The molecule has 0 amide bonds. The molecular formula is C21H36O2. The van der Waals surface area contributed by atoms with Crippen molar-refractivity contribution in [3.63, 3.8) is 0 Å². The maximum atomic E-state index is 10.6. The van der Waals surface area contributed by atoms with Gasteiger partial charge in [0.15, 0.2) is 0 Å². The van der Waals surface area contributed by atoms with Crippen molar-refractivity contribution in [2.75, 3.05) is 6.61 Å². The van der Waals surface area contributed by atoms with Gasteiger partial charge in [-0.05, 0) is 105 Å². The molecule has 1 unspecified atom stereocenters. The average molecular weight is 321 g/mol. The van der Waals surface area contributed by atoms with Crippen LogP contribution in [0.5, 0.6) is 0 Å². The molecular weight excluding hydrogens is 284 g/mol. The van der Waals surface area contributed by atoms with Gasteiger partial charge >= 0.3 is 0 Å². The molecule has 23 heavy (non-hydrogen) atoms. The quantitative estimate of drug-likeness (QED) is 0.752. The van der Waals surface area contributed by atoms with Gasteiger partial charge in [-0.3, -0.25) is 0 Å². The largest absolute Gasteiger partial charge is 0.396 e. The molecule has 0 aromatic rings. The molecule has 2 nitrogen and oxygen atoms in total. The van der Waals surface area contributed by atoms with Crippen LogP contribution in [0.4, 0.5) is 0 Å². The molecule has 0 aliphatic heterocycles. The molecule has 0 aromatic heterocycles. The van der Waals surface area contributed by atoms with E-state index in [2.05, 4.69) is 20.8 Å². The van der Waals surface area contributed by atoms with Crippen LogP contribution in [0, 0.1) is 40.4 Å². The first kappa shape index (κ1) is 16.4. The molecule has 0 aromatic carbocycles. The van der Waals surface area contributed by atoms with Gasteiger partial charge in [0, 0.05) is 6.61 Å². The van der Waals surface area contributed by atoms with Crippen molar-refractivity contribution < 1.29 is 10.2 Å². The van der Waals surface area contributed by atoms with Crippen molar-refractivity contribution in [3.8, 4) is 0 Å². The first-order valence-corrected chi connectivity index (χ1v) is 10.1. The Balaban J connectivity index is 1.60. The summed E-state index contributed by atoms with van der Waals surface area (Å²) in [4.78, 5) is 0. The van der Waals surface area contributed by atoms with E-state index in [0.717, 1.165) is 36.5 Å². The highest BCUT2D eigenvalue weighted by Crippen LogP contribution is 2.67.